The van der Waals surface area contributed by atoms with Gasteiger partial charge in [-0.1, -0.05) is 20.8 Å². The van der Waals surface area contributed by atoms with Gasteiger partial charge in [-0.2, -0.15) is 0 Å². The maximum atomic E-state index is 12.3. The Hall–Kier alpha value is -2.64. The van der Waals surface area contributed by atoms with Gasteiger partial charge in [0.15, 0.2) is 0 Å². The zero-order chi connectivity index (χ0) is 18.8. The van der Waals surface area contributed by atoms with Crippen LogP contribution in [0.2, 0.25) is 0 Å². The van der Waals surface area contributed by atoms with E-state index < -0.39 is 16.8 Å². The van der Waals surface area contributed by atoms with E-state index in [1.807, 2.05) is 20.8 Å². The molecule has 2 rings (SSSR count). The van der Waals surface area contributed by atoms with Crippen molar-refractivity contribution in [2.75, 3.05) is 18.4 Å². The number of carboxylic acid groups (broad SMARTS) is 1. The number of amides is 2. The molecule has 0 radical (unpaired) electrons. The minimum Gasteiger partial charge on any atom is -0.481 e. The van der Waals surface area contributed by atoms with E-state index >= 15 is 0 Å². The number of piperidine rings is 1. The van der Waals surface area contributed by atoms with Crippen LogP contribution in [-0.2, 0) is 10.2 Å². The van der Waals surface area contributed by atoms with Gasteiger partial charge in [0.05, 0.1) is 10.8 Å². The summed E-state index contributed by atoms with van der Waals surface area (Å²) < 4.78 is 0. The van der Waals surface area contributed by atoms with Crippen molar-refractivity contribution in [2.45, 2.75) is 39.0 Å². The molecular weight excluding hydrogens is 326 g/mol. The Balaban J connectivity index is 2.10. The summed E-state index contributed by atoms with van der Waals surface area (Å²) >= 11 is 0. The van der Waals surface area contributed by atoms with Gasteiger partial charge in [-0.05, 0) is 30.4 Å². The first-order valence-electron chi connectivity index (χ1n) is 8.17. The molecule has 0 atom stereocenters. The molecule has 2 amide bonds. The number of carbonyl (C=O) groups excluding carboxylic acids is 1. The maximum Gasteiger partial charge on any atom is 0.321 e. The number of aliphatic carboxylic acids is 1. The molecule has 1 heterocycles. The molecule has 136 valence electrons. The van der Waals surface area contributed by atoms with Gasteiger partial charge in [0, 0.05) is 30.4 Å². The Labute approximate surface area is 146 Å². The number of carbonyl (C=O) groups is 2. The van der Waals surface area contributed by atoms with E-state index in [0.29, 0.717) is 37.2 Å². The predicted molar refractivity (Wildman–Crippen MR) is 92.7 cm³/mol. The van der Waals surface area contributed by atoms with Gasteiger partial charge in [0.1, 0.15) is 0 Å². The fraction of sp³-hybridized carbons (Fsp3) is 0.529. The van der Waals surface area contributed by atoms with Gasteiger partial charge in [-0.25, -0.2) is 4.79 Å². The molecule has 0 unspecified atom stereocenters. The molecule has 0 saturated carbocycles. The number of likely N-dealkylation sites (tertiary alicyclic amines) is 1. The molecule has 8 nitrogen and oxygen atoms in total. The molecule has 1 aromatic rings. The lowest BCUT2D eigenvalue weighted by Gasteiger charge is -2.30. The molecule has 0 aromatic heterocycles. The Bertz CT molecular complexity index is 688. The Morgan fingerprint density at radius 2 is 1.88 bits per heavy atom. The summed E-state index contributed by atoms with van der Waals surface area (Å²) in [4.78, 5) is 35.7. The monoisotopic (exact) mass is 349 g/mol. The SMILES string of the molecule is CC(C)(C)c1ccc(NC(=O)N2CCC(C(=O)O)CC2)cc1[N+](=O)[O-]. The van der Waals surface area contributed by atoms with Crippen molar-refractivity contribution < 1.29 is 19.6 Å². The van der Waals surface area contributed by atoms with Crippen LogP contribution in [0.15, 0.2) is 18.2 Å². The molecule has 1 aromatic carbocycles. The van der Waals surface area contributed by atoms with Crippen molar-refractivity contribution in [3.8, 4) is 0 Å². The number of hydrogen-bond acceptors (Lipinski definition) is 4. The van der Waals surface area contributed by atoms with Gasteiger partial charge in [-0.3, -0.25) is 14.9 Å². The van der Waals surface area contributed by atoms with Gasteiger partial charge >= 0.3 is 12.0 Å². The third-order valence-electron chi connectivity index (χ3n) is 4.39. The number of carboxylic acids is 1. The van der Waals surface area contributed by atoms with Gasteiger partial charge in [-0.15, -0.1) is 0 Å². The largest absolute Gasteiger partial charge is 0.481 e. The number of nitro groups is 1. The van der Waals surface area contributed by atoms with Crippen LogP contribution in [-0.4, -0.2) is 40.0 Å². The Morgan fingerprint density at radius 1 is 1.28 bits per heavy atom. The fourth-order valence-corrected chi connectivity index (χ4v) is 2.93. The van der Waals surface area contributed by atoms with Gasteiger partial charge in [0.25, 0.3) is 5.69 Å². The van der Waals surface area contributed by atoms with E-state index in [9.17, 15) is 19.7 Å². The van der Waals surface area contributed by atoms with Crippen molar-refractivity contribution in [3.63, 3.8) is 0 Å². The van der Waals surface area contributed by atoms with Crippen molar-refractivity contribution >= 4 is 23.4 Å². The quantitative estimate of drug-likeness (QED) is 0.642. The number of nitrogens with zero attached hydrogens (tertiary/aromatic N) is 2. The summed E-state index contributed by atoms with van der Waals surface area (Å²) in [5, 5.41) is 23.0. The summed E-state index contributed by atoms with van der Waals surface area (Å²) in [7, 11) is 0. The van der Waals surface area contributed by atoms with E-state index in [0.717, 1.165) is 0 Å². The topological polar surface area (TPSA) is 113 Å². The highest BCUT2D eigenvalue weighted by atomic mass is 16.6. The number of rotatable bonds is 3. The second-order valence-corrected chi connectivity index (χ2v) is 7.27. The first-order chi connectivity index (χ1) is 11.6. The zero-order valence-electron chi connectivity index (χ0n) is 14.6. The third-order valence-corrected chi connectivity index (χ3v) is 4.39. The molecule has 1 saturated heterocycles. The predicted octanol–water partition coefficient (Wildman–Crippen LogP) is 3.22. The average molecular weight is 349 g/mol. The van der Waals surface area contributed by atoms with E-state index in [1.165, 1.54) is 11.0 Å². The van der Waals surface area contributed by atoms with Crippen LogP contribution < -0.4 is 5.32 Å². The zero-order valence-corrected chi connectivity index (χ0v) is 14.6. The fourth-order valence-electron chi connectivity index (χ4n) is 2.93. The molecule has 0 aliphatic carbocycles. The van der Waals surface area contributed by atoms with Crippen LogP contribution in [0.3, 0.4) is 0 Å². The smallest absolute Gasteiger partial charge is 0.321 e. The first-order valence-corrected chi connectivity index (χ1v) is 8.17. The first kappa shape index (κ1) is 18.7. The molecule has 2 N–H and O–H groups in total. The van der Waals surface area contributed by atoms with Crippen LogP contribution in [0.5, 0.6) is 0 Å². The standard InChI is InChI=1S/C17H23N3O5/c1-17(2,3)13-5-4-12(10-14(13)20(24)25)18-16(23)19-8-6-11(7-9-19)15(21)22/h4-5,10-11H,6-9H2,1-3H3,(H,18,23)(H,21,22). The van der Waals surface area contributed by atoms with Crippen LogP contribution in [0.25, 0.3) is 0 Å². The molecule has 0 bridgehead atoms. The molecule has 1 aliphatic heterocycles. The van der Waals surface area contributed by atoms with Crippen molar-refractivity contribution in [1.29, 1.82) is 0 Å². The van der Waals surface area contributed by atoms with Crippen molar-refractivity contribution in [3.05, 3.63) is 33.9 Å². The highest BCUT2D eigenvalue weighted by Gasteiger charge is 2.28. The van der Waals surface area contributed by atoms with Crippen molar-refractivity contribution in [1.82, 2.24) is 4.90 Å². The second-order valence-electron chi connectivity index (χ2n) is 7.27. The summed E-state index contributed by atoms with van der Waals surface area (Å²) in [6.45, 7) is 6.37. The lowest BCUT2D eigenvalue weighted by Crippen LogP contribution is -2.42. The molecular formula is C17H23N3O5. The van der Waals surface area contributed by atoms with Gasteiger partial charge < -0.3 is 15.3 Å². The van der Waals surface area contributed by atoms with Gasteiger partial charge in [0.2, 0.25) is 0 Å². The maximum absolute atomic E-state index is 12.3. The highest BCUT2D eigenvalue weighted by molar-refractivity contribution is 5.90. The number of urea groups is 1. The summed E-state index contributed by atoms with van der Waals surface area (Å²) in [6.07, 6.45) is 0.817. The Kier molecular flexibility index (Phi) is 5.30. The minimum atomic E-state index is -0.839. The molecule has 8 heteroatoms. The van der Waals surface area contributed by atoms with Crippen LogP contribution in [0.4, 0.5) is 16.2 Å². The number of nitrogens with one attached hydrogen (secondary N) is 1. The Morgan fingerprint density at radius 3 is 2.36 bits per heavy atom. The number of nitro benzene ring substituents is 1. The average Bonchev–Trinajstić information content (AvgIpc) is 2.53. The summed E-state index contributed by atoms with van der Waals surface area (Å²) in [6, 6.07) is 4.30. The minimum absolute atomic E-state index is 0.0325. The van der Waals surface area contributed by atoms with Crippen LogP contribution in [0, 0.1) is 16.0 Å². The number of hydrogen-bond donors (Lipinski definition) is 2. The second kappa shape index (κ2) is 7.08. The molecule has 1 fully saturated rings. The summed E-state index contributed by atoms with van der Waals surface area (Å²) in [5.41, 5.74) is 0.529. The number of anilines is 1. The van der Waals surface area contributed by atoms with Crippen molar-refractivity contribution in [2.24, 2.45) is 5.92 Å². The van der Waals surface area contributed by atoms with E-state index in [4.69, 9.17) is 5.11 Å². The van der Waals surface area contributed by atoms with E-state index in [-0.39, 0.29) is 17.1 Å². The van der Waals surface area contributed by atoms with E-state index in [2.05, 4.69) is 5.32 Å². The third kappa shape index (κ3) is 4.46. The van der Waals surface area contributed by atoms with E-state index in [1.54, 1.807) is 12.1 Å². The normalized spacial score (nSPS) is 15.7. The molecule has 0 spiro atoms. The highest BCUT2D eigenvalue weighted by Crippen LogP contribution is 2.33. The lowest BCUT2D eigenvalue weighted by atomic mass is 9.85. The van der Waals surface area contributed by atoms with Crippen LogP contribution >= 0.6 is 0 Å². The molecule has 25 heavy (non-hydrogen) atoms. The molecule has 1 aliphatic rings. The number of benzene rings is 1. The van der Waals surface area contributed by atoms with Crippen LogP contribution in [0.1, 0.15) is 39.2 Å². The lowest BCUT2D eigenvalue weighted by molar-refractivity contribution is -0.385. The summed E-state index contributed by atoms with van der Waals surface area (Å²) in [5.74, 6) is -1.26.